The van der Waals surface area contributed by atoms with Crippen LogP contribution in [0.5, 0.6) is 0 Å². The molecule has 2 aromatic heterocycles. The number of carbonyl (C=O) groups excluding carboxylic acids is 3. The van der Waals surface area contributed by atoms with Crippen molar-refractivity contribution < 1.29 is 19.5 Å². The number of anilines is 2. The maximum atomic E-state index is 13.5. The second-order valence-corrected chi connectivity index (χ2v) is 17.4. The molecule has 0 bridgehead atoms. The molecule has 3 amide bonds. The predicted molar refractivity (Wildman–Crippen MR) is 227 cm³/mol. The summed E-state index contributed by atoms with van der Waals surface area (Å²) >= 11 is 1.67. The largest absolute Gasteiger partial charge is 0.386 e. The van der Waals surface area contributed by atoms with Crippen LogP contribution < -0.4 is 21.2 Å². The number of hydrogen-bond donors (Lipinski definition) is 3. The Morgan fingerprint density at radius 3 is 2.53 bits per heavy atom. The van der Waals surface area contributed by atoms with Gasteiger partial charge in [-0.3, -0.25) is 33.8 Å². The van der Waals surface area contributed by atoms with Crippen LogP contribution in [0.15, 0.2) is 64.0 Å². The summed E-state index contributed by atoms with van der Waals surface area (Å²) < 4.78 is 4.17. The van der Waals surface area contributed by atoms with Crippen molar-refractivity contribution in [2.45, 2.75) is 95.7 Å². The number of fused-ring (bicyclic) bond motifs is 2. The number of aliphatic hydroxyl groups is 1. The number of hydrogen-bond acceptors (Lipinski definition) is 10. The summed E-state index contributed by atoms with van der Waals surface area (Å²) in [5.74, 6) is -0.126. The van der Waals surface area contributed by atoms with Crippen molar-refractivity contribution in [1.29, 1.82) is 0 Å². The number of benzene rings is 2. The number of carbonyl (C=O) groups is 3. The third kappa shape index (κ3) is 8.26. The van der Waals surface area contributed by atoms with Gasteiger partial charge in [-0.15, -0.1) is 11.3 Å². The quantitative estimate of drug-likeness (QED) is 0.0710. The molecule has 7 rings (SSSR count). The van der Waals surface area contributed by atoms with Crippen LogP contribution in [0.25, 0.3) is 21.3 Å². The first-order valence-electron chi connectivity index (χ1n) is 20.0. The zero-order valence-corrected chi connectivity index (χ0v) is 34.4. The van der Waals surface area contributed by atoms with Crippen LogP contribution in [-0.2, 0) is 27.0 Å². The smallest absolute Gasteiger partial charge is 0.329 e. The number of imidazole rings is 1. The molecule has 1 aliphatic carbocycles. The number of piperidine rings is 2. The molecule has 2 aliphatic heterocycles. The molecule has 13 nitrogen and oxygen atoms in total. The Balaban J connectivity index is 0.964. The summed E-state index contributed by atoms with van der Waals surface area (Å²) in [6, 6.07) is 9.49. The van der Waals surface area contributed by atoms with Crippen molar-refractivity contribution in [2.24, 2.45) is 18.0 Å². The summed E-state index contributed by atoms with van der Waals surface area (Å²) in [5, 5.41) is 17.5. The first kappa shape index (κ1) is 40.3. The van der Waals surface area contributed by atoms with E-state index in [0.29, 0.717) is 35.5 Å². The highest BCUT2D eigenvalue weighted by molar-refractivity contribution is 7.18. The van der Waals surface area contributed by atoms with Crippen LogP contribution in [0, 0.1) is 5.92 Å². The first-order valence-corrected chi connectivity index (χ1v) is 20.9. The number of nitrogens with zero attached hydrogens (tertiary/aromatic N) is 6. The van der Waals surface area contributed by atoms with Crippen LogP contribution in [0.3, 0.4) is 0 Å². The van der Waals surface area contributed by atoms with E-state index in [2.05, 4.69) is 45.3 Å². The van der Waals surface area contributed by atoms with Crippen molar-refractivity contribution in [3.63, 3.8) is 0 Å². The highest BCUT2D eigenvalue weighted by Gasteiger charge is 2.34. The Morgan fingerprint density at radius 1 is 1.12 bits per heavy atom. The Morgan fingerprint density at radius 2 is 1.86 bits per heavy atom. The van der Waals surface area contributed by atoms with Crippen molar-refractivity contribution in [1.82, 2.24) is 24.3 Å². The lowest BCUT2D eigenvalue weighted by Crippen LogP contribution is -2.45. The Bertz CT molecular complexity index is 2310. The van der Waals surface area contributed by atoms with Gasteiger partial charge in [0, 0.05) is 56.3 Å². The second-order valence-electron chi connectivity index (χ2n) is 16.4. The van der Waals surface area contributed by atoms with E-state index in [0.717, 1.165) is 90.1 Å². The third-order valence-electron chi connectivity index (χ3n) is 12.1. The number of aryl methyl sites for hydroxylation is 1. The molecular weight excluding hydrogens is 741 g/mol. The van der Waals surface area contributed by atoms with Gasteiger partial charge in [-0.25, -0.2) is 9.78 Å². The molecule has 3 fully saturated rings. The van der Waals surface area contributed by atoms with Gasteiger partial charge in [-0.2, -0.15) is 0 Å². The lowest BCUT2D eigenvalue weighted by atomic mass is 9.82. The molecule has 0 spiro atoms. The maximum Gasteiger partial charge on any atom is 0.329 e. The van der Waals surface area contributed by atoms with Crippen molar-refractivity contribution in [3.05, 3.63) is 75.3 Å². The van der Waals surface area contributed by atoms with E-state index in [1.54, 1.807) is 53.5 Å². The van der Waals surface area contributed by atoms with Crippen LogP contribution in [0.1, 0.15) is 94.7 Å². The lowest BCUT2D eigenvalue weighted by Gasteiger charge is -2.40. The van der Waals surface area contributed by atoms with E-state index in [1.165, 1.54) is 0 Å². The fourth-order valence-corrected chi connectivity index (χ4v) is 10.1. The summed E-state index contributed by atoms with van der Waals surface area (Å²) in [5.41, 5.74) is 3.25. The number of thiazole rings is 1. The Labute approximate surface area is 337 Å². The normalized spacial score (nSPS) is 21.6. The summed E-state index contributed by atoms with van der Waals surface area (Å²) in [6.45, 7) is 11.6. The zero-order valence-electron chi connectivity index (χ0n) is 33.6. The number of aliphatic imine (C=N–C) groups is 1. The van der Waals surface area contributed by atoms with Gasteiger partial charge >= 0.3 is 5.69 Å². The molecular formula is C43H54N8O5S. The van der Waals surface area contributed by atoms with E-state index >= 15 is 0 Å². The zero-order chi connectivity index (χ0) is 40.6. The number of amides is 3. The van der Waals surface area contributed by atoms with E-state index in [4.69, 9.17) is 4.98 Å². The molecule has 57 heavy (non-hydrogen) atoms. The van der Waals surface area contributed by atoms with Crippen LogP contribution in [0.4, 0.5) is 11.4 Å². The fraction of sp³-hybridized carbons (Fsp3) is 0.488. The number of imide groups is 1. The van der Waals surface area contributed by atoms with Gasteiger partial charge in [-0.1, -0.05) is 18.2 Å². The molecule has 3 N–H and O–H groups in total. The molecule has 4 aromatic rings. The van der Waals surface area contributed by atoms with Gasteiger partial charge in [0.1, 0.15) is 11.7 Å². The lowest BCUT2D eigenvalue weighted by molar-refractivity contribution is -0.135. The van der Waals surface area contributed by atoms with Gasteiger partial charge in [0.15, 0.2) is 0 Å². The molecule has 2 saturated heterocycles. The van der Waals surface area contributed by atoms with E-state index in [1.807, 2.05) is 37.3 Å². The molecule has 1 atom stereocenters. The number of nitrogens with one attached hydrogen (secondary N) is 2. The fourth-order valence-electron chi connectivity index (χ4n) is 8.95. The summed E-state index contributed by atoms with van der Waals surface area (Å²) in [6.07, 6.45) is 12.1. The van der Waals surface area contributed by atoms with Gasteiger partial charge < -0.3 is 20.2 Å². The number of allylic oxidation sites excluding steroid dienone is 3. The Kier molecular flexibility index (Phi) is 11.7. The van der Waals surface area contributed by atoms with Crippen molar-refractivity contribution in [3.8, 4) is 0 Å². The maximum absolute atomic E-state index is 13.5. The average Bonchev–Trinajstić information content (AvgIpc) is 3.72. The van der Waals surface area contributed by atoms with Gasteiger partial charge in [-0.05, 0) is 116 Å². The molecule has 302 valence electrons. The molecule has 14 heteroatoms. The van der Waals surface area contributed by atoms with Crippen molar-refractivity contribution in [2.75, 3.05) is 36.9 Å². The van der Waals surface area contributed by atoms with E-state index < -0.39 is 23.5 Å². The van der Waals surface area contributed by atoms with Crippen molar-refractivity contribution >= 4 is 68.4 Å². The molecule has 1 saturated carbocycles. The van der Waals surface area contributed by atoms with Gasteiger partial charge in [0.25, 0.3) is 5.91 Å². The molecule has 2 aromatic carbocycles. The Hall–Kier alpha value is -4.92. The first-order chi connectivity index (χ1) is 27.3. The summed E-state index contributed by atoms with van der Waals surface area (Å²) in [4.78, 5) is 64.9. The molecule has 3 aliphatic rings. The summed E-state index contributed by atoms with van der Waals surface area (Å²) in [7, 11) is 4.02. The van der Waals surface area contributed by atoms with Gasteiger partial charge in [0.2, 0.25) is 11.8 Å². The molecule has 0 radical (unpaired) electrons. The monoisotopic (exact) mass is 794 g/mol. The number of rotatable bonds is 11. The third-order valence-corrected chi connectivity index (χ3v) is 13.3. The van der Waals surface area contributed by atoms with Crippen LogP contribution in [0.2, 0.25) is 0 Å². The standard InChI is InChI=1S/C43H54N8O5S/c1-7-8-10-30(44-4)39(53)45-31-24-36-32(23-29(31)43(2,3)56)46-41(57-36)27-15-13-26(14-16-27)25-48(5)28-19-21-50(22-20-28)33-11-9-12-34-38(33)49(6)42(55)51(34)35-17-18-37(52)47-40(35)54/h7-12,23-24,26-28,35,56H,4,13-22,25H2,1-3,5-6H3,(H,45,53)(H,47,52,54)/b8-7-,30-10-. The molecule has 1 unspecified atom stereocenters. The van der Waals surface area contributed by atoms with E-state index in [9.17, 15) is 24.3 Å². The number of para-hydroxylation sites is 1. The average molecular weight is 795 g/mol. The van der Waals surface area contributed by atoms with Crippen LogP contribution >= 0.6 is 11.3 Å². The van der Waals surface area contributed by atoms with Gasteiger partial charge in [0.05, 0.1) is 37.5 Å². The highest BCUT2D eigenvalue weighted by Crippen LogP contribution is 2.42. The molecule has 4 heterocycles. The predicted octanol–water partition coefficient (Wildman–Crippen LogP) is 6.13. The number of aromatic nitrogens is 3. The van der Waals surface area contributed by atoms with E-state index in [-0.39, 0.29) is 23.7 Å². The van der Waals surface area contributed by atoms with Crippen LogP contribution in [-0.4, -0.2) is 81.3 Å². The minimum Gasteiger partial charge on any atom is -0.386 e. The minimum absolute atomic E-state index is 0.191. The second kappa shape index (κ2) is 16.5. The highest BCUT2D eigenvalue weighted by atomic mass is 32.1. The topological polar surface area (TPSA) is 154 Å². The SMILES string of the molecule is C=N/C(=C\C=C/C)C(=O)Nc1cc2sc(C3CCC(CN(C)C4CCN(c5cccc6c5n(C)c(=O)n6C5CCC(=O)NC5=O)CC4)CC3)nc2cc1C(C)(C)O. The minimum atomic E-state index is -1.20.